The molecule has 0 unspecified atom stereocenters. The van der Waals surface area contributed by atoms with Crippen molar-refractivity contribution >= 4 is 29.2 Å². The maximum Gasteiger partial charge on any atom is 0.229 e. The number of carbonyl (C=O) groups is 2. The number of aromatic nitrogens is 2. The molecular weight excluding hydrogens is 628 g/mol. The van der Waals surface area contributed by atoms with Gasteiger partial charge in [0.05, 0.1) is 6.54 Å². The van der Waals surface area contributed by atoms with Crippen LogP contribution >= 0.6 is 0 Å². The number of anilines is 3. The number of fused-ring (bicyclic) bond motifs is 5. The first-order chi connectivity index (χ1) is 24.0. The van der Waals surface area contributed by atoms with E-state index >= 15 is 0 Å². The number of aliphatic hydroxyl groups is 1. The van der Waals surface area contributed by atoms with Crippen molar-refractivity contribution in [2.45, 2.75) is 64.4 Å². The lowest BCUT2D eigenvalue weighted by Gasteiger charge is -2.54. The molecule has 3 aliphatic heterocycles. The van der Waals surface area contributed by atoms with E-state index in [1.807, 2.05) is 6.08 Å². The van der Waals surface area contributed by atoms with Gasteiger partial charge in [-0.15, -0.1) is 0 Å². The van der Waals surface area contributed by atoms with E-state index < -0.39 is 11.0 Å². The van der Waals surface area contributed by atoms with Crippen LogP contribution in [-0.4, -0.2) is 146 Å². The summed E-state index contributed by atoms with van der Waals surface area (Å²) in [6, 6.07) is 2.17. The Hall–Kier alpha value is -2.86. The molecule has 1 aromatic heterocycles. The molecule has 0 spiro atoms. The van der Waals surface area contributed by atoms with E-state index in [-0.39, 0.29) is 17.0 Å². The maximum absolute atomic E-state index is 14.2. The number of hydrogen-bond acceptors (Lipinski definition) is 11. The Morgan fingerprint density at radius 2 is 1.42 bits per heavy atom. The molecule has 8 rings (SSSR count). The molecule has 1 aromatic rings. The van der Waals surface area contributed by atoms with Crippen LogP contribution in [0.15, 0.2) is 29.4 Å². The summed E-state index contributed by atoms with van der Waals surface area (Å²) in [7, 11) is 4.35. The third kappa shape index (κ3) is 5.80. The fourth-order valence-electron chi connectivity index (χ4n) is 10.7. The monoisotopic (exact) mass is 686 g/mol. The van der Waals surface area contributed by atoms with E-state index in [2.05, 4.69) is 69.5 Å². The second kappa shape index (κ2) is 13.0. The van der Waals surface area contributed by atoms with Gasteiger partial charge >= 0.3 is 0 Å². The summed E-state index contributed by atoms with van der Waals surface area (Å²) in [5.41, 5.74) is 0.980. The zero-order chi connectivity index (χ0) is 34.8. The minimum atomic E-state index is -1.31. The highest BCUT2D eigenvalue weighted by molar-refractivity contribution is 5.92. The van der Waals surface area contributed by atoms with Crippen LogP contribution in [0, 0.1) is 22.7 Å². The molecule has 7 aliphatic rings. The minimum Gasteiger partial charge on any atom is -0.381 e. The average Bonchev–Trinajstić information content (AvgIpc) is 3.40. The first-order valence-electron chi connectivity index (χ1n) is 19.4. The molecule has 3 saturated heterocycles. The highest BCUT2D eigenvalue weighted by atomic mass is 16.3. The van der Waals surface area contributed by atoms with Gasteiger partial charge < -0.3 is 29.6 Å². The molecule has 0 radical (unpaired) electrons. The predicted octanol–water partition coefficient (Wildman–Crippen LogP) is 2.85. The van der Waals surface area contributed by atoms with Crippen LogP contribution in [0.4, 0.5) is 17.6 Å². The van der Waals surface area contributed by atoms with E-state index in [1.54, 1.807) is 0 Å². The van der Waals surface area contributed by atoms with Crippen molar-refractivity contribution in [3.05, 3.63) is 29.4 Å². The Bertz CT molecular complexity index is 1520. The summed E-state index contributed by atoms with van der Waals surface area (Å²) in [5.74, 6) is 3.76. The first kappa shape index (κ1) is 34.2. The Morgan fingerprint density at radius 3 is 2.06 bits per heavy atom. The van der Waals surface area contributed by atoms with Crippen molar-refractivity contribution in [2.75, 3.05) is 114 Å². The molecule has 50 heavy (non-hydrogen) atoms. The number of piperazine rings is 3. The number of hydrogen-bond donors (Lipinski definition) is 1. The average molecular weight is 687 g/mol. The molecule has 0 aromatic carbocycles. The lowest BCUT2D eigenvalue weighted by Crippen LogP contribution is -2.58. The second-order valence-electron chi connectivity index (χ2n) is 17.1. The highest BCUT2D eigenvalue weighted by Gasteiger charge is 2.64. The smallest absolute Gasteiger partial charge is 0.229 e. The molecule has 4 aliphatic carbocycles. The van der Waals surface area contributed by atoms with Gasteiger partial charge in [-0.3, -0.25) is 14.5 Å². The van der Waals surface area contributed by atoms with Gasteiger partial charge in [0.1, 0.15) is 17.2 Å². The van der Waals surface area contributed by atoms with E-state index in [0.29, 0.717) is 31.2 Å². The van der Waals surface area contributed by atoms with Crippen LogP contribution in [0.25, 0.3) is 0 Å². The van der Waals surface area contributed by atoms with E-state index in [9.17, 15) is 14.7 Å². The van der Waals surface area contributed by atoms with Gasteiger partial charge in [0.25, 0.3) is 0 Å². The molecule has 2 saturated carbocycles. The van der Waals surface area contributed by atoms with Crippen LogP contribution < -0.4 is 14.7 Å². The van der Waals surface area contributed by atoms with Gasteiger partial charge in [0, 0.05) is 102 Å². The molecule has 0 amide bonds. The van der Waals surface area contributed by atoms with E-state index in [0.717, 1.165) is 128 Å². The number of likely N-dealkylation sites (N-methyl/N-ethyl adjacent to an activating group) is 2. The van der Waals surface area contributed by atoms with Crippen LogP contribution in [0.1, 0.15) is 58.8 Å². The van der Waals surface area contributed by atoms with E-state index in [4.69, 9.17) is 9.97 Å². The second-order valence-corrected chi connectivity index (χ2v) is 17.1. The quantitative estimate of drug-likeness (QED) is 0.448. The van der Waals surface area contributed by atoms with Crippen molar-refractivity contribution in [2.24, 2.45) is 22.7 Å². The van der Waals surface area contributed by atoms with Gasteiger partial charge in [-0.25, -0.2) is 0 Å². The Balaban J connectivity index is 0.946. The molecule has 11 nitrogen and oxygen atoms in total. The lowest BCUT2D eigenvalue weighted by molar-refractivity contribution is -0.154. The Kier molecular flexibility index (Phi) is 8.88. The molecule has 4 heterocycles. The minimum absolute atomic E-state index is 0.00425. The fourth-order valence-corrected chi connectivity index (χ4v) is 10.7. The van der Waals surface area contributed by atoms with Crippen molar-refractivity contribution in [1.82, 2.24) is 24.7 Å². The maximum atomic E-state index is 14.2. The largest absolute Gasteiger partial charge is 0.381 e. The van der Waals surface area contributed by atoms with Crippen LogP contribution in [-0.2, 0) is 9.59 Å². The third-order valence-corrected chi connectivity index (χ3v) is 14.3. The number of Topliss-reactive ketones (excluding diaryl/α,β-unsaturated/α-hetero) is 1. The van der Waals surface area contributed by atoms with Gasteiger partial charge in [0.2, 0.25) is 5.95 Å². The van der Waals surface area contributed by atoms with Gasteiger partial charge in [-0.1, -0.05) is 31.1 Å². The van der Waals surface area contributed by atoms with Crippen molar-refractivity contribution < 1.29 is 14.7 Å². The number of nitrogens with zero attached hydrogens (tertiary/aromatic N) is 8. The van der Waals surface area contributed by atoms with Crippen LogP contribution in [0.3, 0.4) is 0 Å². The van der Waals surface area contributed by atoms with E-state index in [1.165, 1.54) is 11.1 Å². The zero-order valence-corrected chi connectivity index (χ0v) is 30.9. The first-order valence-corrected chi connectivity index (χ1v) is 19.4. The van der Waals surface area contributed by atoms with Gasteiger partial charge in [-0.2, -0.15) is 9.97 Å². The molecular formula is C39H58N8O3. The van der Waals surface area contributed by atoms with Crippen molar-refractivity contribution in [3.8, 4) is 0 Å². The summed E-state index contributed by atoms with van der Waals surface area (Å²) in [6.45, 7) is 15.8. The number of ketones is 2. The summed E-state index contributed by atoms with van der Waals surface area (Å²) in [6.07, 6.45) is 9.95. The fraction of sp³-hybridized carbons (Fsp3) is 0.744. The van der Waals surface area contributed by atoms with Crippen LogP contribution in [0.5, 0.6) is 0 Å². The number of rotatable bonds is 6. The molecule has 0 bridgehead atoms. The SMILES string of the molecule is CN1CCN(c2cc(N3CCN(CC(=O)[C@@]4(O)CC[C@H]5[C@@H]6CCC7=CC(=O)CC[C@]7(C)C6=CC[C@@]54C)CC3)nc(N3CCN(C)CC3)n2)CC1. The summed E-state index contributed by atoms with van der Waals surface area (Å²) in [5, 5.41) is 12.3. The molecule has 5 atom stereocenters. The van der Waals surface area contributed by atoms with Crippen molar-refractivity contribution in [1.29, 1.82) is 0 Å². The highest BCUT2D eigenvalue weighted by Crippen LogP contribution is 2.65. The summed E-state index contributed by atoms with van der Waals surface area (Å²) >= 11 is 0. The van der Waals surface area contributed by atoms with Crippen LogP contribution in [0.2, 0.25) is 0 Å². The normalized spacial score (nSPS) is 35.7. The molecule has 5 fully saturated rings. The molecule has 11 heteroatoms. The number of allylic oxidation sites excluding steroid dienone is 4. The predicted molar refractivity (Wildman–Crippen MR) is 197 cm³/mol. The summed E-state index contributed by atoms with van der Waals surface area (Å²) < 4.78 is 0. The van der Waals surface area contributed by atoms with Gasteiger partial charge in [0.15, 0.2) is 11.6 Å². The standard InChI is InChI=1S/C39H58N8O3/c1-37-10-7-29(48)25-28(37)5-6-30-31(37)8-11-38(2)32(30)9-12-39(38,50)33(49)27-44-17-23-46(24-18-44)35-26-34(45-19-13-42(3)14-20-45)40-36(41-35)47-21-15-43(4)16-22-47/h8,25-26,30,32,50H,5-7,9-24,27H2,1-4H3/t30-,32+,37+,38+,39+/m1/s1. The zero-order valence-electron chi connectivity index (χ0n) is 30.9. The molecule has 1 N–H and O–H groups in total. The Labute approximate surface area is 298 Å². The number of carbonyl (C=O) groups excluding carboxylic acids is 2. The van der Waals surface area contributed by atoms with Crippen molar-refractivity contribution in [3.63, 3.8) is 0 Å². The van der Waals surface area contributed by atoms with Gasteiger partial charge in [-0.05, 0) is 70.5 Å². The Morgan fingerprint density at radius 1 is 0.820 bits per heavy atom. The topological polar surface area (TPSA) is 99.6 Å². The lowest BCUT2D eigenvalue weighted by atomic mass is 9.50. The third-order valence-electron chi connectivity index (χ3n) is 14.3. The molecule has 272 valence electrons. The summed E-state index contributed by atoms with van der Waals surface area (Å²) in [4.78, 5) is 50.8.